The van der Waals surface area contributed by atoms with E-state index in [2.05, 4.69) is 19.9 Å². The van der Waals surface area contributed by atoms with E-state index < -0.39 is 0 Å². The number of pyridine rings is 1. The molecule has 0 atom stereocenters. The van der Waals surface area contributed by atoms with Crippen molar-refractivity contribution in [2.75, 3.05) is 38.2 Å². The van der Waals surface area contributed by atoms with E-state index in [0.717, 1.165) is 38.4 Å². The van der Waals surface area contributed by atoms with Crippen LogP contribution in [0.4, 0.5) is 10.2 Å². The summed E-state index contributed by atoms with van der Waals surface area (Å²) in [5.41, 5.74) is 0.973. The Balaban J connectivity index is 1.59. The van der Waals surface area contributed by atoms with Crippen LogP contribution in [-0.2, 0) is 6.54 Å². The van der Waals surface area contributed by atoms with Crippen LogP contribution in [0.2, 0.25) is 0 Å². The Hall–Kier alpha value is -2.28. The van der Waals surface area contributed by atoms with Gasteiger partial charge in [0.05, 0.1) is 19.0 Å². The van der Waals surface area contributed by atoms with Gasteiger partial charge in [-0.15, -0.1) is 0 Å². The molecule has 2 aromatic heterocycles. The highest BCUT2D eigenvalue weighted by Crippen LogP contribution is 2.17. The number of aromatic nitrogens is 3. The Morgan fingerprint density at radius 1 is 1.23 bits per heavy atom. The molecule has 116 valence electrons. The molecule has 22 heavy (non-hydrogen) atoms. The van der Waals surface area contributed by atoms with Crippen LogP contribution in [0.5, 0.6) is 5.88 Å². The fourth-order valence-corrected chi connectivity index (χ4v) is 2.55. The summed E-state index contributed by atoms with van der Waals surface area (Å²) in [5.74, 6) is 0.638. The quantitative estimate of drug-likeness (QED) is 0.849. The zero-order valence-corrected chi connectivity index (χ0v) is 12.4. The lowest BCUT2D eigenvalue weighted by molar-refractivity contribution is 0.244. The van der Waals surface area contributed by atoms with Gasteiger partial charge in [0.1, 0.15) is 6.33 Å². The molecule has 0 bridgehead atoms. The highest BCUT2D eigenvalue weighted by Gasteiger charge is 2.20. The fraction of sp³-hybridized carbons (Fsp3) is 0.400. The second kappa shape index (κ2) is 6.65. The monoisotopic (exact) mass is 303 g/mol. The minimum atomic E-state index is -0.370. The molecule has 0 amide bonds. The van der Waals surface area contributed by atoms with Gasteiger partial charge in [0.15, 0.2) is 11.6 Å². The first-order valence-corrected chi connectivity index (χ1v) is 7.19. The lowest BCUT2D eigenvalue weighted by atomic mass is 10.2. The number of piperazine rings is 1. The maximum Gasteiger partial charge on any atom is 0.213 e. The van der Waals surface area contributed by atoms with E-state index in [0.29, 0.717) is 11.7 Å². The number of halogens is 1. The van der Waals surface area contributed by atoms with E-state index >= 15 is 0 Å². The number of ether oxygens (including phenoxy) is 1. The minimum absolute atomic E-state index is 0.370. The summed E-state index contributed by atoms with van der Waals surface area (Å²) in [6.07, 6.45) is 2.58. The topological polar surface area (TPSA) is 54.4 Å². The number of methoxy groups -OCH3 is 1. The van der Waals surface area contributed by atoms with Crippen LogP contribution in [0, 0.1) is 5.82 Å². The van der Waals surface area contributed by atoms with Crippen molar-refractivity contribution in [3.05, 3.63) is 42.2 Å². The smallest absolute Gasteiger partial charge is 0.213 e. The Bertz CT molecular complexity index is 631. The summed E-state index contributed by atoms with van der Waals surface area (Å²) in [6, 6.07) is 5.76. The van der Waals surface area contributed by atoms with E-state index in [9.17, 15) is 4.39 Å². The van der Waals surface area contributed by atoms with Crippen LogP contribution in [0.15, 0.2) is 30.7 Å². The average molecular weight is 303 g/mol. The van der Waals surface area contributed by atoms with Crippen LogP contribution in [0.25, 0.3) is 0 Å². The van der Waals surface area contributed by atoms with Gasteiger partial charge in [-0.1, -0.05) is 6.07 Å². The van der Waals surface area contributed by atoms with Crippen LogP contribution in [-0.4, -0.2) is 53.1 Å². The fourth-order valence-electron chi connectivity index (χ4n) is 2.55. The van der Waals surface area contributed by atoms with Crippen molar-refractivity contribution >= 4 is 5.82 Å². The van der Waals surface area contributed by atoms with Crippen molar-refractivity contribution in [3.63, 3.8) is 0 Å². The summed E-state index contributed by atoms with van der Waals surface area (Å²) < 4.78 is 18.8. The summed E-state index contributed by atoms with van der Waals surface area (Å²) in [4.78, 5) is 16.4. The Morgan fingerprint density at radius 3 is 2.77 bits per heavy atom. The molecule has 7 heteroatoms. The molecule has 1 fully saturated rings. The lowest BCUT2D eigenvalue weighted by Crippen LogP contribution is -2.46. The van der Waals surface area contributed by atoms with Gasteiger partial charge in [-0.05, 0) is 6.07 Å². The maximum absolute atomic E-state index is 13.7. The summed E-state index contributed by atoms with van der Waals surface area (Å²) in [6.45, 7) is 3.90. The van der Waals surface area contributed by atoms with Crippen molar-refractivity contribution < 1.29 is 9.13 Å². The third-order valence-corrected chi connectivity index (χ3v) is 3.70. The molecule has 2 aromatic rings. The highest BCUT2D eigenvalue weighted by molar-refractivity contribution is 5.38. The van der Waals surface area contributed by atoms with Crippen molar-refractivity contribution in [1.82, 2.24) is 19.9 Å². The SMILES string of the molecule is COc1cccc(CN2CCN(c3ncncc3F)CC2)n1. The molecular formula is C15H18FN5O. The normalized spacial score (nSPS) is 15.8. The number of anilines is 1. The number of rotatable bonds is 4. The zero-order chi connectivity index (χ0) is 15.4. The zero-order valence-electron chi connectivity index (χ0n) is 12.4. The maximum atomic E-state index is 13.7. The van der Waals surface area contributed by atoms with E-state index in [1.807, 2.05) is 23.1 Å². The Morgan fingerprint density at radius 2 is 2.05 bits per heavy atom. The van der Waals surface area contributed by atoms with Crippen LogP contribution < -0.4 is 9.64 Å². The van der Waals surface area contributed by atoms with Crippen molar-refractivity contribution in [2.24, 2.45) is 0 Å². The Kier molecular flexibility index (Phi) is 4.43. The van der Waals surface area contributed by atoms with E-state index in [1.54, 1.807) is 7.11 Å². The first-order valence-electron chi connectivity index (χ1n) is 7.19. The van der Waals surface area contributed by atoms with E-state index in [-0.39, 0.29) is 5.82 Å². The summed E-state index contributed by atoms with van der Waals surface area (Å²) >= 11 is 0. The number of nitrogens with zero attached hydrogens (tertiary/aromatic N) is 5. The van der Waals surface area contributed by atoms with Crippen LogP contribution in [0.1, 0.15) is 5.69 Å². The van der Waals surface area contributed by atoms with Crippen molar-refractivity contribution in [2.45, 2.75) is 6.54 Å². The van der Waals surface area contributed by atoms with Gasteiger partial charge in [-0.25, -0.2) is 19.3 Å². The van der Waals surface area contributed by atoms with Crippen molar-refractivity contribution in [1.29, 1.82) is 0 Å². The standard InChI is InChI=1S/C15H18FN5O/c1-22-14-4-2-3-12(19-14)10-20-5-7-21(8-6-20)15-13(16)9-17-11-18-15/h2-4,9,11H,5-8,10H2,1H3. The van der Waals surface area contributed by atoms with E-state index in [1.165, 1.54) is 12.5 Å². The predicted molar refractivity (Wildman–Crippen MR) is 80.3 cm³/mol. The highest BCUT2D eigenvalue weighted by atomic mass is 19.1. The molecule has 1 aliphatic heterocycles. The van der Waals surface area contributed by atoms with Crippen molar-refractivity contribution in [3.8, 4) is 5.88 Å². The summed E-state index contributed by atoms with van der Waals surface area (Å²) in [7, 11) is 1.61. The molecule has 1 saturated heterocycles. The minimum Gasteiger partial charge on any atom is -0.481 e. The second-order valence-electron chi connectivity index (χ2n) is 5.13. The third kappa shape index (κ3) is 3.30. The summed E-state index contributed by atoms with van der Waals surface area (Å²) in [5, 5.41) is 0. The molecular weight excluding hydrogens is 285 g/mol. The van der Waals surface area contributed by atoms with E-state index in [4.69, 9.17) is 4.74 Å². The average Bonchev–Trinajstić information content (AvgIpc) is 2.56. The first-order chi connectivity index (χ1) is 10.8. The number of hydrogen-bond acceptors (Lipinski definition) is 6. The molecule has 3 heterocycles. The lowest BCUT2D eigenvalue weighted by Gasteiger charge is -2.35. The molecule has 0 spiro atoms. The number of hydrogen-bond donors (Lipinski definition) is 0. The Labute approximate surface area is 128 Å². The predicted octanol–water partition coefficient (Wildman–Crippen LogP) is 1.34. The van der Waals surface area contributed by atoms with Gasteiger partial charge < -0.3 is 9.64 Å². The molecule has 0 radical (unpaired) electrons. The first kappa shape index (κ1) is 14.6. The molecule has 0 aromatic carbocycles. The largest absolute Gasteiger partial charge is 0.481 e. The van der Waals surface area contributed by atoms with Gasteiger partial charge >= 0.3 is 0 Å². The van der Waals surface area contributed by atoms with Gasteiger partial charge in [-0.3, -0.25) is 4.90 Å². The van der Waals surface area contributed by atoms with Gasteiger partial charge in [0.2, 0.25) is 5.88 Å². The molecule has 6 nitrogen and oxygen atoms in total. The van der Waals surface area contributed by atoms with Gasteiger partial charge in [-0.2, -0.15) is 0 Å². The van der Waals surface area contributed by atoms with Crippen LogP contribution in [0.3, 0.4) is 0 Å². The molecule has 0 unspecified atom stereocenters. The molecule has 0 saturated carbocycles. The van der Waals surface area contributed by atoms with Crippen LogP contribution >= 0.6 is 0 Å². The van der Waals surface area contributed by atoms with Gasteiger partial charge in [0.25, 0.3) is 0 Å². The molecule has 0 N–H and O–H groups in total. The third-order valence-electron chi connectivity index (χ3n) is 3.70. The molecule has 3 rings (SSSR count). The molecule has 0 aliphatic carbocycles. The second-order valence-corrected chi connectivity index (χ2v) is 5.13. The molecule has 1 aliphatic rings. The van der Waals surface area contributed by atoms with Gasteiger partial charge in [0, 0.05) is 38.8 Å².